The van der Waals surface area contributed by atoms with Gasteiger partial charge in [0.15, 0.2) is 11.5 Å². The summed E-state index contributed by atoms with van der Waals surface area (Å²) in [4.78, 5) is 28.7. The summed E-state index contributed by atoms with van der Waals surface area (Å²) in [6, 6.07) is 16.8. The molecule has 3 rings (SSSR count). The number of carbonyl (C=O) groups is 2. The number of esters is 1. The number of allylic oxidation sites excluding steroid dienone is 1. The number of hydrogen-bond donors (Lipinski definition) is 1. The number of nitriles is 1. The fourth-order valence-electron chi connectivity index (χ4n) is 3.60. The summed E-state index contributed by atoms with van der Waals surface area (Å²) in [5, 5.41) is 9.75. The molecule has 0 aliphatic carbocycles. The molecule has 0 amide bonds. The van der Waals surface area contributed by atoms with E-state index in [1.54, 1.807) is 46.1 Å². The number of hydrogen-bond acceptors (Lipinski definition) is 6. The summed E-state index contributed by atoms with van der Waals surface area (Å²) in [5.74, 6) is -0.161. The van der Waals surface area contributed by atoms with Crippen LogP contribution in [0.2, 0.25) is 0 Å². The molecule has 1 heterocycles. The molecule has 0 saturated heterocycles. The zero-order valence-electron chi connectivity index (χ0n) is 19.6. The third-order valence-corrected chi connectivity index (χ3v) is 5.18. The summed E-state index contributed by atoms with van der Waals surface area (Å²) in [7, 11) is 1.54. The highest BCUT2D eigenvalue weighted by Gasteiger charge is 2.27. The lowest BCUT2D eigenvalue weighted by atomic mass is 9.98. The summed E-state index contributed by atoms with van der Waals surface area (Å²) in [6.07, 6.45) is 1.47. The lowest BCUT2D eigenvalue weighted by Gasteiger charge is -2.12. The Morgan fingerprint density at radius 3 is 2.38 bits per heavy atom. The van der Waals surface area contributed by atoms with Crippen LogP contribution >= 0.6 is 0 Å². The maximum Gasteiger partial charge on any atom is 0.340 e. The molecule has 34 heavy (non-hydrogen) atoms. The third-order valence-electron chi connectivity index (χ3n) is 5.18. The van der Waals surface area contributed by atoms with Crippen molar-refractivity contribution in [2.45, 2.75) is 27.4 Å². The van der Waals surface area contributed by atoms with E-state index in [9.17, 15) is 14.9 Å². The predicted octanol–water partition coefficient (Wildman–Crippen LogP) is 5.19. The number of aryl methyl sites for hydroxylation is 2. The second-order valence-corrected chi connectivity index (χ2v) is 7.53. The SMILES string of the molecule is CCOC(=O)c1c(C)[nH]c(C)c1C(=O)C(C#N)=Cc1ccc(OC)c(OCc2ccccc2)c1. The van der Waals surface area contributed by atoms with Crippen LogP contribution in [0.1, 0.15) is 50.2 Å². The van der Waals surface area contributed by atoms with Gasteiger partial charge < -0.3 is 19.2 Å². The number of nitrogens with zero attached hydrogens (tertiary/aromatic N) is 1. The van der Waals surface area contributed by atoms with Crippen molar-refractivity contribution >= 4 is 17.8 Å². The van der Waals surface area contributed by atoms with E-state index in [2.05, 4.69) is 4.98 Å². The van der Waals surface area contributed by atoms with Gasteiger partial charge in [-0.25, -0.2) is 4.79 Å². The zero-order valence-corrected chi connectivity index (χ0v) is 19.6. The first-order valence-corrected chi connectivity index (χ1v) is 10.8. The molecule has 2 aromatic carbocycles. The molecule has 0 aliphatic heterocycles. The van der Waals surface area contributed by atoms with Gasteiger partial charge in [0.05, 0.1) is 24.8 Å². The average Bonchev–Trinajstić information content (AvgIpc) is 3.15. The molecule has 0 radical (unpaired) electrons. The third kappa shape index (κ3) is 5.36. The average molecular weight is 459 g/mol. The van der Waals surface area contributed by atoms with Crippen LogP contribution in [0.25, 0.3) is 6.08 Å². The van der Waals surface area contributed by atoms with Crippen molar-refractivity contribution in [3.8, 4) is 17.6 Å². The maximum absolute atomic E-state index is 13.3. The first-order valence-electron chi connectivity index (χ1n) is 10.8. The van der Waals surface area contributed by atoms with E-state index >= 15 is 0 Å². The van der Waals surface area contributed by atoms with Gasteiger partial charge in [-0.2, -0.15) is 5.26 Å². The minimum Gasteiger partial charge on any atom is -0.493 e. The van der Waals surface area contributed by atoms with Crippen molar-refractivity contribution in [2.75, 3.05) is 13.7 Å². The number of H-pyrrole nitrogens is 1. The molecule has 0 unspecified atom stereocenters. The van der Waals surface area contributed by atoms with Gasteiger partial charge >= 0.3 is 5.97 Å². The Morgan fingerprint density at radius 2 is 1.74 bits per heavy atom. The van der Waals surface area contributed by atoms with E-state index in [0.717, 1.165) is 5.56 Å². The van der Waals surface area contributed by atoms with Crippen molar-refractivity contribution in [3.05, 3.63) is 87.7 Å². The number of methoxy groups -OCH3 is 1. The first-order chi connectivity index (χ1) is 16.4. The molecule has 0 aliphatic rings. The fraction of sp³-hybridized carbons (Fsp3) is 0.222. The number of Topliss-reactive ketones (excluding diaryl/α,β-unsaturated/α-hetero) is 1. The highest BCUT2D eigenvalue weighted by atomic mass is 16.5. The zero-order chi connectivity index (χ0) is 24.7. The van der Waals surface area contributed by atoms with E-state index in [-0.39, 0.29) is 23.3 Å². The van der Waals surface area contributed by atoms with Crippen molar-refractivity contribution in [1.82, 2.24) is 4.98 Å². The summed E-state index contributed by atoms with van der Waals surface area (Å²) in [5.41, 5.74) is 2.74. The molecule has 1 aromatic heterocycles. The van der Waals surface area contributed by atoms with Gasteiger partial charge in [-0.05, 0) is 50.1 Å². The van der Waals surface area contributed by atoms with Crippen LogP contribution in [0.5, 0.6) is 11.5 Å². The van der Waals surface area contributed by atoms with Gasteiger partial charge in [0, 0.05) is 11.4 Å². The molecule has 0 atom stereocenters. The number of carbonyl (C=O) groups excluding carboxylic acids is 2. The first kappa shape index (κ1) is 24.3. The highest BCUT2D eigenvalue weighted by Crippen LogP contribution is 2.30. The second kappa shape index (κ2) is 11.0. The predicted molar refractivity (Wildman–Crippen MR) is 128 cm³/mol. The number of ketones is 1. The minimum atomic E-state index is -0.606. The molecular formula is C27H26N2O5. The monoisotopic (exact) mass is 458 g/mol. The molecule has 7 heteroatoms. The van der Waals surface area contributed by atoms with Gasteiger partial charge in [-0.15, -0.1) is 0 Å². The van der Waals surface area contributed by atoms with Crippen molar-refractivity contribution in [3.63, 3.8) is 0 Å². The van der Waals surface area contributed by atoms with E-state index in [1.807, 2.05) is 36.4 Å². The fourth-order valence-corrected chi connectivity index (χ4v) is 3.60. The van der Waals surface area contributed by atoms with E-state index in [0.29, 0.717) is 35.1 Å². The normalized spacial score (nSPS) is 11.0. The Labute approximate surface area is 198 Å². The van der Waals surface area contributed by atoms with Crippen molar-refractivity contribution < 1.29 is 23.8 Å². The van der Waals surface area contributed by atoms with Gasteiger partial charge in [0.1, 0.15) is 18.2 Å². The topological polar surface area (TPSA) is 101 Å². The molecule has 1 N–H and O–H groups in total. The molecular weight excluding hydrogens is 432 g/mol. The summed E-state index contributed by atoms with van der Waals surface area (Å²) >= 11 is 0. The summed E-state index contributed by atoms with van der Waals surface area (Å²) < 4.78 is 16.4. The maximum atomic E-state index is 13.3. The minimum absolute atomic E-state index is 0.119. The van der Waals surface area contributed by atoms with E-state index in [4.69, 9.17) is 14.2 Å². The highest BCUT2D eigenvalue weighted by molar-refractivity contribution is 6.19. The van der Waals surface area contributed by atoms with Crippen LogP contribution in [0, 0.1) is 25.2 Å². The molecule has 0 bridgehead atoms. The quantitative estimate of drug-likeness (QED) is 0.205. The molecule has 7 nitrogen and oxygen atoms in total. The van der Waals surface area contributed by atoms with Crippen LogP contribution in [-0.2, 0) is 11.3 Å². The Bertz CT molecular complexity index is 1270. The van der Waals surface area contributed by atoms with Crippen LogP contribution in [0.15, 0.2) is 54.1 Å². The van der Waals surface area contributed by atoms with Gasteiger partial charge in [-0.1, -0.05) is 36.4 Å². The Balaban J connectivity index is 1.95. The lowest BCUT2D eigenvalue weighted by Crippen LogP contribution is -2.13. The van der Waals surface area contributed by atoms with Gasteiger partial charge in [-0.3, -0.25) is 4.79 Å². The number of nitrogens with one attached hydrogen (secondary N) is 1. The largest absolute Gasteiger partial charge is 0.493 e. The smallest absolute Gasteiger partial charge is 0.340 e. The lowest BCUT2D eigenvalue weighted by molar-refractivity contribution is 0.0523. The summed E-state index contributed by atoms with van der Waals surface area (Å²) in [6.45, 7) is 5.57. The van der Waals surface area contributed by atoms with E-state index < -0.39 is 11.8 Å². The molecule has 174 valence electrons. The van der Waals surface area contributed by atoms with Crippen LogP contribution in [0.3, 0.4) is 0 Å². The number of aromatic nitrogens is 1. The van der Waals surface area contributed by atoms with E-state index in [1.165, 1.54) is 6.08 Å². The number of aromatic amines is 1. The second-order valence-electron chi connectivity index (χ2n) is 7.53. The molecule has 0 spiro atoms. The number of benzene rings is 2. The van der Waals surface area contributed by atoms with Crippen molar-refractivity contribution in [1.29, 1.82) is 5.26 Å². The number of rotatable bonds is 9. The van der Waals surface area contributed by atoms with Crippen molar-refractivity contribution in [2.24, 2.45) is 0 Å². The van der Waals surface area contributed by atoms with Crippen LogP contribution in [-0.4, -0.2) is 30.5 Å². The molecule has 0 saturated carbocycles. The Kier molecular flexibility index (Phi) is 7.88. The standard InChI is InChI=1S/C27H26N2O5/c1-5-33-27(31)25-18(3)29-17(2)24(25)26(30)21(15-28)13-20-11-12-22(32-4)23(14-20)34-16-19-9-7-6-8-10-19/h6-14,29H,5,16H2,1-4H3. The Hall–Kier alpha value is -4.31. The van der Waals surface area contributed by atoms with Gasteiger partial charge in [0.2, 0.25) is 5.78 Å². The Morgan fingerprint density at radius 1 is 1.03 bits per heavy atom. The van der Waals surface area contributed by atoms with Gasteiger partial charge in [0.25, 0.3) is 0 Å². The van der Waals surface area contributed by atoms with Crippen LogP contribution in [0.4, 0.5) is 0 Å². The molecule has 0 fully saturated rings. The van der Waals surface area contributed by atoms with Crippen LogP contribution < -0.4 is 9.47 Å². The molecule has 3 aromatic rings. The number of ether oxygens (including phenoxy) is 3.